The lowest BCUT2D eigenvalue weighted by molar-refractivity contribution is -0.119. The molecule has 26 heavy (non-hydrogen) atoms. The molecule has 0 atom stereocenters. The monoisotopic (exact) mass is 363 g/mol. The van der Waals surface area contributed by atoms with E-state index in [0.29, 0.717) is 17.2 Å². The van der Waals surface area contributed by atoms with E-state index in [9.17, 15) is 14.0 Å². The zero-order valence-corrected chi connectivity index (χ0v) is 14.5. The standard InChI is InChI=1S/C18H18FNO6/c1-23-12-5-6-14(16(9-12)25-3)20-17(21)10-26-18(22)11-4-7-15(24-2)13(19)8-11/h4-9H,10H2,1-3H3,(H,20,21). The van der Waals surface area contributed by atoms with Crippen LogP contribution in [-0.4, -0.2) is 39.8 Å². The number of carbonyl (C=O) groups is 2. The van der Waals surface area contributed by atoms with Gasteiger partial charge in [-0.1, -0.05) is 0 Å². The van der Waals surface area contributed by atoms with Crippen LogP contribution in [0.15, 0.2) is 36.4 Å². The predicted octanol–water partition coefficient (Wildman–Crippen LogP) is 2.65. The molecule has 0 aliphatic rings. The first-order chi connectivity index (χ1) is 12.5. The number of ether oxygens (including phenoxy) is 4. The second-order valence-corrected chi connectivity index (χ2v) is 5.04. The molecule has 0 fully saturated rings. The lowest BCUT2D eigenvalue weighted by Gasteiger charge is -2.12. The summed E-state index contributed by atoms with van der Waals surface area (Å²) in [7, 11) is 4.27. The van der Waals surface area contributed by atoms with E-state index >= 15 is 0 Å². The van der Waals surface area contributed by atoms with Gasteiger partial charge in [0.25, 0.3) is 5.91 Å². The molecule has 0 aliphatic carbocycles. The van der Waals surface area contributed by atoms with Gasteiger partial charge in [-0.3, -0.25) is 4.79 Å². The van der Waals surface area contributed by atoms with Crippen LogP contribution in [0.2, 0.25) is 0 Å². The van der Waals surface area contributed by atoms with E-state index in [1.165, 1.54) is 33.5 Å². The molecule has 2 rings (SSSR count). The Morgan fingerprint density at radius 1 is 0.962 bits per heavy atom. The second-order valence-electron chi connectivity index (χ2n) is 5.04. The highest BCUT2D eigenvalue weighted by Crippen LogP contribution is 2.28. The highest BCUT2D eigenvalue weighted by Gasteiger charge is 2.14. The number of methoxy groups -OCH3 is 3. The van der Waals surface area contributed by atoms with Gasteiger partial charge in [0, 0.05) is 6.07 Å². The van der Waals surface area contributed by atoms with Gasteiger partial charge >= 0.3 is 5.97 Å². The van der Waals surface area contributed by atoms with Gasteiger partial charge < -0.3 is 24.3 Å². The summed E-state index contributed by atoms with van der Waals surface area (Å²) in [6, 6.07) is 8.46. The molecule has 1 amide bonds. The molecule has 0 bridgehead atoms. The summed E-state index contributed by atoms with van der Waals surface area (Å²) in [4.78, 5) is 23.9. The first-order valence-electron chi connectivity index (χ1n) is 7.51. The van der Waals surface area contributed by atoms with Gasteiger partial charge in [-0.15, -0.1) is 0 Å². The molecule has 0 saturated heterocycles. The van der Waals surface area contributed by atoms with Crippen molar-refractivity contribution in [1.82, 2.24) is 0 Å². The van der Waals surface area contributed by atoms with Gasteiger partial charge in [0.2, 0.25) is 0 Å². The van der Waals surface area contributed by atoms with Crippen LogP contribution in [-0.2, 0) is 9.53 Å². The van der Waals surface area contributed by atoms with Crippen LogP contribution < -0.4 is 19.5 Å². The Balaban J connectivity index is 1.96. The van der Waals surface area contributed by atoms with Crippen molar-refractivity contribution in [3.05, 3.63) is 47.8 Å². The lowest BCUT2D eigenvalue weighted by atomic mass is 10.2. The second kappa shape index (κ2) is 8.70. The van der Waals surface area contributed by atoms with Crippen molar-refractivity contribution in [3.8, 4) is 17.2 Å². The summed E-state index contributed by atoms with van der Waals surface area (Å²) >= 11 is 0. The summed E-state index contributed by atoms with van der Waals surface area (Å²) in [5, 5.41) is 2.56. The van der Waals surface area contributed by atoms with Crippen molar-refractivity contribution in [3.63, 3.8) is 0 Å². The fourth-order valence-corrected chi connectivity index (χ4v) is 2.10. The van der Waals surface area contributed by atoms with Gasteiger partial charge in [-0.2, -0.15) is 0 Å². The molecule has 0 radical (unpaired) electrons. The number of anilines is 1. The average Bonchev–Trinajstić information content (AvgIpc) is 2.66. The third-order valence-electron chi connectivity index (χ3n) is 3.40. The van der Waals surface area contributed by atoms with Crippen LogP contribution in [0.4, 0.5) is 10.1 Å². The van der Waals surface area contributed by atoms with Gasteiger partial charge in [0.1, 0.15) is 11.5 Å². The number of amides is 1. The summed E-state index contributed by atoms with van der Waals surface area (Å²) in [6.45, 7) is -0.540. The van der Waals surface area contributed by atoms with Gasteiger partial charge in [-0.05, 0) is 30.3 Å². The Kier molecular flexibility index (Phi) is 6.37. The molecule has 7 nitrogen and oxygen atoms in total. The molecule has 138 valence electrons. The zero-order chi connectivity index (χ0) is 19.1. The molecular formula is C18H18FNO6. The Hall–Kier alpha value is -3.29. The highest BCUT2D eigenvalue weighted by atomic mass is 19.1. The summed E-state index contributed by atoms with van der Waals surface area (Å²) in [6.07, 6.45) is 0. The van der Waals surface area contributed by atoms with Gasteiger partial charge in [0.15, 0.2) is 18.2 Å². The van der Waals surface area contributed by atoms with Gasteiger partial charge in [0.05, 0.1) is 32.6 Å². The Bertz CT molecular complexity index is 808. The van der Waals surface area contributed by atoms with E-state index in [0.717, 1.165) is 6.07 Å². The molecule has 2 aromatic carbocycles. The molecule has 8 heteroatoms. The largest absolute Gasteiger partial charge is 0.497 e. The van der Waals surface area contributed by atoms with Gasteiger partial charge in [-0.25, -0.2) is 9.18 Å². The van der Waals surface area contributed by atoms with Crippen molar-refractivity contribution in [2.45, 2.75) is 0 Å². The number of carbonyl (C=O) groups excluding carboxylic acids is 2. The topological polar surface area (TPSA) is 83.1 Å². The molecule has 1 N–H and O–H groups in total. The summed E-state index contributed by atoms with van der Waals surface area (Å²) in [5.41, 5.74) is 0.364. The predicted molar refractivity (Wildman–Crippen MR) is 91.4 cm³/mol. The Morgan fingerprint density at radius 2 is 1.69 bits per heavy atom. The first kappa shape index (κ1) is 19.0. The Morgan fingerprint density at radius 3 is 2.31 bits per heavy atom. The molecule has 0 saturated carbocycles. The number of nitrogens with one attached hydrogen (secondary N) is 1. The molecular weight excluding hydrogens is 345 g/mol. The normalized spacial score (nSPS) is 10.0. The Labute approximate surface area is 149 Å². The minimum atomic E-state index is -0.830. The van der Waals surface area contributed by atoms with E-state index in [4.69, 9.17) is 18.9 Å². The lowest BCUT2D eigenvalue weighted by Crippen LogP contribution is -2.21. The zero-order valence-electron chi connectivity index (χ0n) is 14.5. The molecule has 0 spiro atoms. The number of rotatable bonds is 7. The third-order valence-corrected chi connectivity index (χ3v) is 3.40. The van der Waals surface area contributed by atoms with Crippen LogP contribution in [0.3, 0.4) is 0 Å². The number of benzene rings is 2. The number of hydrogen-bond donors (Lipinski definition) is 1. The average molecular weight is 363 g/mol. The summed E-state index contributed by atoms with van der Waals surface area (Å²) in [5.74, 6) is -1.14. The van der Waals surface area contributed by atoms with Crippen LogP contribution in [0.25, 0.3) is 0 Å². The minimum Gasteiger partial charge on any atom is -0.497 e. The number of hydrogen-bond acceptors (Lipinski definition) is 6. The van der Waals surface area contributed by atoms with E-state index in [1.54, 1.807) is 18.2 Å². The SMILES string of the molecule is COc1ccc(NC(=O)COC(=O)c2ccc(OC)c(F)c2)c(OC)c1. The van der Waals surface area contributed by atoms with Crippen molar-refractivity contribution in [2.75, 3.05) is 33.3 Å². The quantitative estimate of drug-likeness (QED) is 0.762. The van der Waals surface area contributed by atoms with E-state index in [-0.39, 0.29) is 11.3 Å². The molecule has 0 unspecified atom stereocenters. The molecule has 0 aromatic heterocycles. The van der Waals surface area contributed by atoms with Crippen molar-refractivity contribution >= 4 is 17.6 Å². The highest BCUT2D eigenvalue weighted by molar-refractivity contribution is 5.96. The van der Waals surface area contributed by atoms with Crippen molar-refractivity contribution in [1.29, 1.82) is 0 Å². The van der Waals surface area contributed by atoms with Crippen molar-refractivity contribution in [2.24, 2.45) is 0 Å². The van der Waals surface area contributed by atoms with Crippen molar-refractivity contribution < 1.29 is 32.9 Å². The van der Waals surface area contributed by atoms with E-state index in [2.05, 4.69) is 5.32 Å². The maximum atomic E-state index is 13.6. The smallest absolute Gasteiger partial charge is 0.338 e. The van der Waals surface area contributed by atoms with Crippen LogP contribution in [0.5, 0.6) is 17.2 Å². The first-order valence-corrected chi connectivity index (χ1v) is 7.51. The maximum absolute atomic E-state index is 13.6. The van der Waals surface area contributed by atoms with Crippen LogP contribution in [0.1, 0.15) is 10.4 Å². The van der Waals surface area contributed by atoms with Crippen LogP contribution in [0, 0.1) is 5.82 Å². The van der Waals surface area contributed by atoms with E-state index in [1.807, 2.05) is 0 Å². The fourth-order valence-electron chi connectivity index (χ4n) is 2.10. The fraction of sp³-hybridized carbons (Fsp3) is 0.222. The number of halogens is 1. The van der Waals surface area contributed by atoms with E-state index < -0.39 is 24.3 Å². The maximum Gasteiger partial charge on any atom is 0.338 e. The summed E-state index contributed by atoms with van der Waals surface area (Å²) < 4.78 is 33.5. The molecule has 0 heterocycles. The van der Waals surface area contributed by atoms with Crippen LogP contribution >= 0.6 is 0 Å². The minimum absolute atomic E-state index is 0.00546. The molecule has 2 aromatic rings. The number of esters is 1. The molecule has 0 aliphatic heterocycles. The third kappa shape index (κ3) is 4.62.